The van der Waals surface area contributed by atoms with Crippen molar-refractivity contribution in [3.05, 3.63) is 28.7 Å². The second-order valence-corrected chi connectivity index (χ2v) is 4.51. The minimum absolute atomic E-state index is 0.319. The number of hydrogen-bond donors (Lipinski definition) is 2. The van der Waals surface area contributed by atoms with Crippen molar-refractivity contribution < 1.29 is 4.42 Å². The maximum absolute atomic E-state index is 11.3. The fraction of sp³-hybridized carbons (Fsp3) is 0.417. The van der Waals surface area contributed by atoms with Crippen LogP contribution in [-0.2, 0) is 7.05 Å². The van der Waals surface area contributed by atoms with Gasteiger partial charge in [0.15, 0.2) is 5.58 Å². The van der Waals surface area contributed by atoms with Gasteiger partial charge in [0.1, 0.15) is 0 Å². The molecule has 0 saturated carbocycles. The summed E-state index contributed by atoms with van der Waals surface area (Å²) >= 11 is 0. The molecule has 0 amide bonds. The summed E-state index contributed by atoms with van der Waals surface area (Å²) in [5.41, 5.74) is 2.49. The molecule has 1 aliphatic heterocycles. The van der Waals surface area contributed by atoms with Crippen LogP contribution in [0.2, 0.25) is 0 Å². The zero-order valence-corrected chi connectivity index (χ0v) is 9.69. The molecule has 0 aliphatic carbocycles. The third kappa shape index (κ3) is 1.82. The van der Waals surface area contributed by atoms with E-state index in [1.807, 2.05) is 18.2 Å². The molecule has 0 bridgehead atoms. The quantitative estimate of drug-likeness (QED) is 0.822. The minimum atomic E-state index is -0.319. The van der Waals surface area contributed by atoms with Crippen molar-refractivity contribution in [2.45, 2.75) is 0 Å². The first kappa shape index (κ1) is 10.4. The maximum atomic E-state index is 11.3. The monoisotopic (exact) mass is 233 g/mol. The van der Waals surface area contributed by atoms with Crippen LogP contribution in [0.1, 0.15) is 0 Å². The first-order chi connectivity index (χ1) is 8.24. The number of nitrogens with zero attached hydrogens (tertiary/aromatic N) is 1. The lowest BCUT2D eigenvalue weighted by Gasteiger charge is -2.27. The fourth-order valence-electron chi connectivity index (χ4n) is 1.99. The number of benzene rings is 1. The normalized spacial score (nSPS) is 16.1. The smallest absolute Gasteiger partial charge is 0.408 e. The van der Waals surface area contributed by atoms with E-state index in [4.69, 9.17) is 4.42 Å². The molecule has 1 fully saturated rings. The summed E-state index contributed by atoms with van der Waals surface area (Å²) in [5, 5.41) is 6.62. The molecule has 1 aliphatic rings. The lowest BCUT2D eigenvalue weighted by molar-refractivity contribution is 0.365. The Balaban J connectivity index is 1.84. The highest BCUT2D eigenvalue weighted by molar-refractivity contribution is 5.77. The van der Waals surface area contributed by atoms with E-state index in [1.165, 1.54) is 4.57 Å². The molecule has 3 rings (SSSR count). The Morgan fingerprint density at radius 1 is 1.53 bits per heavy atom. The molecular weight excluding hydrogens is 218 g/mol. The maximum Gasteiger partial charge on any atom is 0.419 e. The number of fused-ring (bicyclic) bond motifs is 1. The summed E-state index contributed by atoms with van der Waals surface area (Å²) in [5.74, 6) is 0.388. The van der Waals surface area contributed by atoms with Gasteiger partial charge in [-0.05, 0) is 18.2 Å². The molecule has 2 aromatic rings. The van der Waals surface area contributed by atoms with Crippen molar-refractivity contribution in [3.63, 3.8) is 0 Å². The molecule has 5 heteroatoms. The predicted octanol–water partition coefficient (Wildman–Crippen LogP) is 0.763. The second kappa shape index (κ2) is 3.92. The van der Waals surface area contributed by atoms with Gasteiger partial charge in [-0.25, -0.2) is 4.79 Å². The Labute approximate surface area is 98.4 Å². The molecule has 2 N–H and O–H groups in total. The van der Waals surface area contributed by atoms with Gasteiger partial charge in [0.05, 0.1) is 5.52 Å². The topological polar surface area (TPSA) is 59.2 Å². The number of aromatic nitrogens is 1. The van der Waals surface area contributed by atoms with Crippen molar-refractivity contribution in [1.82, 2.24) is 9.88 Å². The van der Waals surface area contributed by atoms with Crippen LogP contribution in [0.5, 0.6) is 0 Å². The number of rotatable bonds is 3. The Bertz CT molecular complexity index is 595. The zero-order chi connectivity index (χ0) is 11.8. The summed E-state index contributed by atoms with van der Waals surface area (Å²) in [7, 11) is 1.72. The van der Waals surface area contributed by atoms with E-state index in [9.17, 15) is 4.79 Å². The molecular formula is C12H15N3O2. The summed E-state index contributed by atoms with van der Waals surface area (Å²) in [6, 6.07) is 5.72. The van der Waals surface area contributed by atoms with E-state index in [2.05, 4.69) is 10.6 Å². The third-order valence-corrected chi connectivity index (χ3v) is 3.25. The zero-order valence-electron chi connectivity index (χ0n) is 9.69. The third-order valence-electron chi connectivity index (χ3n) is 3.25. The lowest BCUT2D eigenvalue weighted by atomic mass is 10.0. The van der Waals surface area contributed by atoms with Gasteiger partial charge in [0.2, 0.25) is 0 Å². The lowest BCUT2D eigenvalue weighted by Crippen LogP contribution is -2.45. The molecule has 17 heavy (non-hydrogen) atoms. The SMILES string of the molecule is Cn1c(=O)oc2ccc(NCC3CNC3)cc21. The van der Waals surface area contributed by atoms with Crippen LogP contribution in [0.25, 0.3) is 11.1 Å². The van der Waals surface area contributed by atoms with Crippen LogP contribution in [0.4, 0.5) is 5.69 Å². The standard InChI is InChI=1S/C12H15N3O2/c1-15-10-4-9(14-7-8-5-13-6-8)2-3-11(10)17-12(15)16/h2-4,8,13-14H,5-7H2,1H3. The van der Waals surface area contributed by atoms with Crippen molar-refractivity contribution >= 4 is 16.8 Å². The molecule has 0 unspecified atom stereocenters. The highest BCUT2D eigenvalue weighted by atomic mass is 16.4. The van der Waals surface area contributed by atoms with E-state index in [0.717, 1.165) is 30.8 Å². The van der Waals surface area contributed by atoms with Crippen LogP contribution in [0.3, 0.4) is 0 Å². The first-order valence-corrected chi connectivity index (χ1v) is 5.78. The molecule has 0 spiro atoms. The predicted molar refractivity (Wildman–Crippen MR) is 66.3 cm³/mol. The van der Waals surface area contributed by atoms with Gasteiger partial charge in [0.25, 0.3) is 0 Å². The van der Waals surface area contributed by atoms with E-state index < -0.39 is 0 Å². The molecule has 90 valence electrons. The van der Waals surface area contributed by atoms with Crippen molar-refractivity contribution in [2.24, 2.45) is 13.0 Å². The summed E-state index contributed by atoms with van der Waals surface area (Å²) < 4.78 is 6.60. The van der Waals surface area contributed by atoms with Crippen LogP contribution in [0.15, 0.2) is 27.4 Å². The summed E-state index contributed by atoms with van der Waals surface area (Å²) in [6.07, 6.45) is 0. The van der Waals surface area contributed by atoms with Crippen molar-refractivity contribution in [2.75, 3.05) is 25.0 Å². The summed E-state index contributed by atoms with van der Waals surface area (Å²) in [4.78, 5) is 11.3. The Morgan fingerprint density at radius 2 is 2.35 bits per heavy atom. The van der Waals surface area contributed by atoms with Gasteiger partial charge in [-0.2, -0.15) is 0 Å². The molecule has 1 aromatic carbocycles. The van der Waals surface area contributed by atoms with Gasteiger partial charge in [-0.3, -0.25) is 4.57 Å². The van der Waals surface area contributed by atoms with Gasteiger partial charge in [-0.15, -0.1) is 0 Å². The minimum Gasteiger partial charge on any atom is -0.408 e. The van der Waals surface area contributed by atoms with Crippen molar-refractivity contribution in [1.29, 1.82) is 0 Å². The van der Waals surface area contributed by atoms with Crippen LogP contribution < -0.4 is 16.4 Å². The van der Waals surface area contributed by atoms with Crippen LogP contribution in [0, 0.1) is 5.92 Å². The van der Waals surface area contributed by atoms with Crippen molar-refractivity contribution in [3.8, 4) is 0 Å². The van der Waals surface area contributed by atoms with Crippen LogP contribution in [-0.4, -0.2) is 24.2 Å². The number of oxazole rings is 1. The van der Waals surface area contributed by atoms with Gasteiger partial charge < -0.3 is 15.1 Å². The van der Waals surface area contributed by atoms with Crippen LogP contribution >= 0.6 is 0 Å². The average Bonchev–Trinajstić information content (AvgIpc) is 2.53. The number of nitrogens with one attached hydrogen (secondary N) is 2. The molecule has 2 heterocycles. The Morgan fingerprint density at radius 3 is 3.06 bits per heavy atom. The number of aryl methyl sites for hydroxylation is 1. The molecule has 1 aromatic heterocycles. The second-order valence-electron chi connectivity index (χ2n) is 4.51. The number of anilines is 1. The number of hydrogen-bond acceptors (Lipinski definition) is 4. The van der Waals surface area contributed by atoms with E-state index in [1.54, 1.807) is 7.05 Å². The largest absolute Gasteiger partial charge is 0.419 e. The van der Waals surface area contributed by atoms with E-state index in [-0.39, 0.29) is 5.76 Å². The molecule has 5 nitrogen and oxygen atoms in total. The molecule has 0 radical (unpaired) electrons. The highest BCUT2D eigenvalue weighted by Crippen LogP contribution is 2.18. The Hall–Kier alpha value is -1.75. The van der Waals surface area contributed by atoms with Gasteiger partial charge in [-0.1, -0.05) is 0 Å². The Kier molecular flexibility index (Phi) is 2.40. The van der Waals surface area contributed by atoms with Gasteiger partial charge >= 0.3 is 5.76 Å². The first-order valence-electron chi connectivity index (χ1n) is 5.78. The highest BCUT2D eigenvalue weighted by Gasteiger charge is 2.16. The summed E-state index contributed by atoms with van der Waals surface area (Å²) in [6.45, 7) is 3.13. The molecule has 1 saturated heterocycles. The van der Waals surface area contributed by atoms with E-state index in [0.29, 0.717) is 11.5 Å². The van der Waals surface area contributed by atoms with Gasteiger partial charge in [0, 0.05) is 38.3 Å². The average molecular weight is 233 g/mol. The fourth-order valence-corrected chi connectivity index (χ4v) is 1.99. The van der Waals surface area contributed by atoms with E-state index >= 15 is 0 Å². The molecule has 0 atom stereocenters.